The molecule has 0 aliphatic heterocycles. The van der Waals surface area contributed by atoms with Gasteiger partial charge in [0.1, 0.15) is 0 Å². The van der Waals surface area contributed by atoms with Gasteiger partial charge in [-0.25, -0.2) is 0 Å². The van der Waals surface area contributed by atoms with Gasteiger partial charge in [0.15, 0.2) is 0 Å². The van der Waals surface area contributed by atoms with Gasteiger partial charge in [0, 0.05) is 15.4 Å². The average molecular weight is 274 g/mol. The summed E-state index contributed by atoms with van der Waals surface area (Å²) in [4.78, 5) is 14.5. The lowest BCUT2D eigenvalue weighted by molar-refractivity contribution is -0.122. The van der Waals surface area contributed by atoms with Crippen LogP contribution in [0.5, 0.6) is 0 Å². The maximum absolute atomic E-state index is 12.1. The minimum absolute atomic E-state index is 0.0247. The predicted octanol–water partition coefficient (Wildman–Crippen LogP) is 3.06. The Balaban J connectivity index is 1.96. The first-order chi connectivity index (χ1) is 9.06. The van der Waals surface area contributed by atoms with E-state index >= 15 is 0 Å². The topological polar surface area (TPSA) is 55.1 Å². The van der Waals surface area contributed by atoms with E-state index in [0.29, 0.717) is 12.2 Å². The van der Waals surface area contributed by atoms with Crippen LogP contribution >= 0.6 is 11.3 Å². The van der Waals surface area contributed by atoms with Crippen LogP contribution in [0.1, 0.15) is 28.2 Å². The summed E-state index contributed by atoms with van der Waals surface area (Å²) < 4.78 is 0. The summed E-state index contributed by atoms with van der Waals surface area (Å²) in [5.74, 6) is -0.166. The van der Waals surface area contributed by atoms with Crippen LogP contribution in [0, 0.1) is 6.92 Å². The minimum Gasteiger partial charge on any atom is -0.399 e. The first-order valence-corrected chi connectivity index (χ1v) is 7.06. The van der Waals surface area contributed by atoms with Gasteiger partial charge in [-0.05, 0) is 43.7 Å². The largest absolute Gasteiger partial charge is 0.399 e. The Hall–Kier alpha value is -1.81. The third-order valence-electron chi connectivity index (χ3n) is 3.04. The lowest BCUT2D eigenvalue weighted by Crippen LogP contribution is -2.27. The predicted molar refractivity (Wildman–Crippen MR) is 80.2 cm³/mol. The van der Waals surface area contributed by atoms with Gasteiger partial charge in [-0.3, -0.25) is 4.79 Å². The van der Waals surface area contributed by atoms with Crippen molar-refractivity contribution in [2.75, 3.05) is 5.73 Å². The Morgan fingerprint density at radius 1 is 1.37 bits per heavy atom. The third kappa shape index (κ3) is 3.58. The molecule has 19 heavy (non-hydrogen) atoms. The van der Waals surface area contributed by atoms with Crippen LogP contribution in [-0.2, 0) is 11.3 Å². The highest BCUT2D eigenvalue weighted by atomic mass is 32.1. The Morgan fingerprint density at radius 2 is 2.16 bits per heavy atom. The molecular formula is C15H18N2OS. The zero-order valence-corrected chi connectivity index (χ0v) is 12.0. The molecule has 2 aromatic rings. The van der Waals surface area contributed by atoms with Crippen molar-refractivity contribution >= 4 is 22.9 Å². The fourth-order valence-corrected chi connectivity index (χ4v) is 2.72. The number of hydrogen-bond acceptors (Lipinski definition) is 3. The van der Waals surface area contributed by atoms with Crippen LogP contribution in [0.4, 0.5) is 5.69 Å². The fourth-order valence-electron chi connectivity index (χ4n) is 1.89. The number of nitrogen functional groups attached to an aromatic ring is 1. The second-order valence-corrected chi connectivity index (χ2v) is 5.99. The number of amides is 1. The van der Waals surface area contributed by atoms with Gasteiger partial charge in [0.25, 0.3) is 0 Å². The summed E-state index contributed by atoms with van der Waals surface area (Å²) in [6.07, 6.45) is 0. The molecule has 1 amide bonds. The maximum atomic E-state index is 12.1. The molecule has 4 heteroatoms. The fraction of sp³-hybridized carbons (Fsp3) is 0.267. The van der Waals surface area contributed by atoms with Crippen LogP contribution in [0.25, 0.3) is 0 Å². The first-order valence-electron chi connectivity index (χ1n) is 6.24. The summed E-state index contributed by atoms with van der Waals surface area (Å²) in [5, 5.41) is 2.96. The zero-order chi connectivity index (χ0) is 13.8. The number of benzene rings is 1. The Labute approximate surface area is 117 Å². The molecule has 0 saturated heterocycles. The molecule has 0 saturated carbocycles. The van der Waals surface area contributed by atoms with Crippen molar-refractivity contribution in [3.05, 3.63) is 51.7 Å². The second kappa shape index (κ2) is 5.89. The Kier molecular flexibility index (Phi) is 4.22. The average Bonchev–Trinajstić information content (AvgIpc) is 2.81. The highest BCUT2D eigenvalue weighted by Crippen LogP contribution is 2.19. The highest BCUT2D eigenvalue weighted by Gasteiger charge is 2.15. The molecule has 0 radical (unpaired) electrons. The monoisotopic (exact) mass is 274 g/mol. The second-order valence-electron chi connectivity index (χ2n) is 4.62. The number of carbonyl (C=O) groups is 1. The molecule has 0 aliphatic carbocycles. The Morgan fingerprint density at radius 3 is 2.79 bits per heavy atom. The standard InChI is InChI=1S/C15H18N2OS/c1-10-6-7-14(19-10)9-17-15(18)11(2)12-4-3-5-13(16)8-12/h3-8,11H,9,16H2,1-2H3,(H,17,18). The number of carbonyl (C=O) groups excluding carboxylic acids is 1. The van der Waals surface area contributed by atoms with Gasteiger partial charge < -0.3 is 11.1 Å². The van der Waals surface area contributed by atoms with Crippen LogP contribution in [0.3, 0.4) is 0 Å². The van der Waals surface area contributed by atoms with Crippen molar-refractivity contribution in [2.24, 2.45) is 0 Å². The summed E-state index contributed by atoms with van der Waals surface area (Å²) in [6, 6.07) is 11.6. The molecule has 1 aromatic heterocycles. The summed E-state index contributed by atoms with van der Waals surface area (Å²) in [5.41, 5.74) is 7.36. The lowest BCUT2D eigenvalue weighted by Gasteiger charge is -2.12. The van der Waals surface area contributed by atoms with Crippen molar-refractivity contribution in [3.8, 4) is 0 Å². The van der Waals surface area contributed by atoms with E-state index in [0.717, 1.165) is 5.56 Å². The number of aryl methyl sites for hydroxylation is 1. The van der Waals surface area contributed by atoms with Crippen LogP contribution in [-0.4, -0.2) is 5.91 Å². The van der Waals surface area contributed by atoms with Gasteiger partial charge in [0.05, 0.1) is 12.5 Å². The van der Waals surface area contributed by atoms with Crippen LogP contribution in [0.2, 0.25) is 0 Å². The van der Waals surface area contributed by atoms with Gasteiger partial charge in [0.2, 0.25) is 5.91 Å². The molecule has 0 spiro atoms. The molecule has 1 atom stereocenters. The van der Waals surface area contributed by atoms with Crippen LogP contribution < -0.4 is 11.1 Å². The molecule has 3 nitrogen and oxygen atoms in total. The number of rotatable bonds is 4. The van der Waals surface area contributed by atoms with Crippen molar-refractivity contribution in [1.82, 2.24) is 5.32 Å². The van der Waals surface area contributed by atoms with E-state index in [-0.39, 0.29) is 11.8 Å². The molecule has 0 bridgehead atoms. The molecule has 1 heterocycles. The quantitative estimate of drug-likeness (QED) is 0.842. The molecule has 3 N–H and O–H groups in total. The number of nitrogens with two attached hydrogens (primary N) is 1. The summed E-state index contributed by atoms with van der Waals surface area (Å²) >= 11 is 1.70. The normalized spacial score (nSPS) is 12.1. The number of hydrogen-bond donors (Lipinski definition) is 2. The van der Waals surface area contributed by atoms with E-state index in [4.69, 9.17) is 5.73 Å². The Bertz CT molecular complexity index is 577. The maximum Gasteiger partial charge on any atom is 0.227 e. The van der Waals surface area contributed by atoms with Gasteiger partial charge in [-0.1, -0.05) is 12.1 Å². The molecule has 100 valence electrons. The number of thiophene rings is 1. The smallest absolute Gasteiger partial charge is 0.227 e. The van der Waals surface area contributed by atoms with E-state index in [1.165, 1.54) is 9.75 Å². The van der Waals surface area contributed by atoms with E-state index in [2.05, 4.69) is 18.3 Å². The van der Waals surface area contributed by atoms with E-state index in [1.54, 1.807) is 11.3 Å². The molecule has 1 aromatic carbocycles. The SMILES string of the molecule is Cc1ccc(CNC(=O)C(C)c2cccc(N)c2)s1. The van der Waals surface area contributed by atoms with E-state index in [9.17, 15) is 4.79 Å². The van der Waals surface area contributed by atoms with Crippen molar-refractivity contribution in [1.29, 1.82) is 0 Å². The highest BCUT2D eigenvalue weighted by molar-refractivity contribution is 7.11. The third-order valence-corrected chi connectivity index (χ3v) is 4.04. The molecule has 1 unspecified atom stereocenters. The van der Waals surface area contributed by atoms with E-state index < -0.39 is 0 Å². The molecule has 2 rings (SSSR count). The van der Waals surface area contributed by atoms with Gasteiger partial charge in [-0.15, -0.1) is 11.3 Å². The summed E-state index contributed by atoms with van der Waals surface area (Å²) in [7, 11) is 0. The number of anilines is 1. The van der Waals surface area contributed by atoms with Gasteiger partial charge >= 0.3 is 0 Å². The van der Waals surface area contributed by atoms with Crippen molar-refractivity contribution < 1.29 is 4.79 Å². The van der Waals surface area contributed by atoms with E-state index in [1.807, 2.05) is 37.3 Å². The molecule has 0 fully saturated rings. The van der Waals surface area contributed by atoms with Crippen molar-refractivity contribution in [3.63, 3.8) is 0 Å². The van der Waals surface area contributed by atoms with Crippen LogP contribution in [0.15, 0.2) is 36.4 Å². The molecular weight excluding hydrogens is 256 g/mol. The summed E-state index contributed by atoms with van der Waals surface area (Å²) in [6.45, 7) is 4.54. The van der Waals surface area contributed by atoms with Gasteiger partial charge in [-0.2, -0.15) is 0 Å². The lowest BCUT2D eigenvalue weighted by atomic mass is 10.00. The zero-order valence-electron chi connectivity index (χ0n) is 11.1. The number of nitrogens with one attached hydrogen (secondary N) is 1. The first kappa shape index (κ1) is 13.6. The van der Waals surface area contributed by atoms with Crippen molar-refractivity contribution in [2.45, 2.75) is 26.3 Å². The minimum atomic E-state index is -0.190. The molecule has 0 aliphatic rings.